The van der Waals surface area contributed by atoms with E-state index in [0.717, 1.165) is 30.5 Å². The van der Waals surface area contributed by atoms with Crippen LogP contribution in [0.25, 0.3) is 6.08 Å². The van der Waals surface area contributed by atoms with E-state index in [0.29, 0.717) is 12.0 Å². The van der Waals surface area contributed by atoms with Crippen molar-refractivity contribution in [1.29, 1.82) is 0 Å². The van der Waals surface area contributed by atoms with Crippen LogP contribution in [-0.4, -0.2) is 158 Å². The molecule has 51 heavy (non-hydrogen) atoms. The summed E-state index contributed by atoms with van der Waals surface area (Å²) in [5.74, 6) is -4.83. The van der Waals surface area contributed by atoms with Crippen LogP contribution < -0.4 is 0 Å². The van der Waals surface area contributed by atoms with E-state index in [9.17, 15) is 60.7 Å². The number of benzene rings is 1. The largest absolute Gasteiger partial charge is 0.504 e. The van der Waals surface area contributed by atoms with Gasteiger partial charge < -0.3 is 84.2 Å². The number of aliphatic hydroxyl groups is 7. The lowest BCUT2D eigenvalue weighted by molar-refractivity contribution is -0.352. The van der Waals surface area contributed by atoms with Crippen molar-refractivity contribution >= 4 is 18.0 Å². The lowest BCUT2D eigenvalue weighted by Gasteiger charge is -2.44. The molecule has 1 aliphatic carbocycles. The van der Waals surface area contributed by atoms with Gasteiger partial charge in [0.1, 0.15) is 55.4 Å². The SMILES string of the molecule is COC(=O)C1=CO[C@@H](O[C@H]2O[C@@H](CO[C@H]3O[C@@H](COC(=O)C=Cc4cc(O)c(O)c(O)c4)[C@H](O)[C@@H](O)[C@@H]3O)[C@H](O)[C@@H](O)[C@@H]2O)[C@@H]2C(CO)=CC[C@H]12. The lowest BCUT2D eigenvalue weighted by atomic mass is 9.83. The first kappa shape index (κ1) is 38.4. The number of phenols is 3. The van der Waals surface area contributed by atoms with Crippen LogP contribution in [-0.2, 0) is 42.7 Å². The van der Waals surface area contributed by atoms with Gasteiger partial charge in [-0.15, -0.1) is 0 Å². The van der Waals surface area contributed by atoms with Crippen LogP contribution in [0.1, 0.15) is 12.0 Å². The van der Waals surface area contributed by atoms with Gasteiger partial charge in [0, 0.05) is 12.0 Å². The van der Waals surface area contributed by atoms with E-state index < -0.39 is 122 Å². The van der Waals surface area contributed by atoms with Crippen LogP contribution in [0.15, 0.2) is 41.7 Å². The fourth-order valence-electron chi connectivity index (χ4n) is 6.20. The van der Waals surface area contributed by atoms with Gasteiger partial charge in [0.25, 0.3) is 0 Å². The highest BCUT2D eigenvalue weighted by atomic mass is 16.8. The van der Waals surface area contributed by atoms with Crippen molar-refractivity contribution in [2.75, 3.05) is 26.9 Å². The Bertz CT molecular complexity index is 1490. The zero-order valence-electron chi connectivity index (χ0n) is 26.9. The number of fused-ring (bicyclic) bond motifs is 1. The van der Waals surface area contributed by atoms with Crippen LogP contribution in [0.3, 0.4) is 0 Å². The summed E-state index contributed by atoms with van der Waals surface area (Å²) in [5.41, 5.74) is 0.820. The van der Waals surface area contributed by atoms with Gasteiger partial charge in [0.2, 0.25) is 6.29 Å². The molecule has 282 valence electrons. The number of methoxy groups -OCH3 is 1. The molecule has 0 aromatic heterocycles. The number of aromatic hydroxyl groups is 3. The topological polar surface area (TPSA) is 301 Å². The maximum atomic E-state index is 12.3. The van der Waals surface area contributed by atoms with Crippen molar-refractivity contribution in [2.45, 2.75) is 74.1 Å². The molecule has 10 N–H and O–H groups in total. The van der Waals surface area contributed by atoms with Crippen molar-refractivity contribution < 1.29 is 93.8 Å². The minimum absolute atomic E-state index is 0.128. The predicted octanol–water partition coefficient (Wildman–Crippen LogP) is -3.02. The average molecular weight is 729 g/mol. The first-order valence-corrected chi connectivity index (χ1v) is 15.7. The summed E-state index contributed by atoms with van der Waals surface area (Å²) < 4.78 is 38.1. The number of hydrogen-bond donors (Lipinski definition) is 10. The highest BCUT2D eigenvalue weighted by Crippen LogP contribution is 2.44. The number of esters is 2. The number of aliphatic hydroxyl groups excluding tert-OH is 7. The molecular formula is C32H40O19. The average Bonchev–Trinajstić information content (AvgIpc) is 3.56. The maximum absolute atomic E-state index is 12.3. The van der Waals surface area contributed by atoms with Crippen LogP contribution in [0.5, 0.6) is 17.2 Å². The monoisotopic (exact) mass is 728 g/mol. The zero-order chi connectivity index (χ0) is 37.1. The Balaban J connectivity index is 1.20. The molecule has 2 fully saturated rings. The molecule has 5 rings (SSSR count). The van der Waals surface area contributed by atoms with Gasteiger partial charge in [-0.2, -0.15) is 0 Å². The van der Waals surface area contributed by atoms with E-state index in [-0.39, 0.29) is 17.7 Å². The van der Waals surface area contributed by atoms with Gasteiger partial charge >= 0.3 is 11.9 Å². The first-order chi connectivity index (χ1) is 24.2. The van der Waals surface area contributed by atoms with E-state index in [1.165, 1.54) is 7.11 Å². The van der Waals surface area contributed by atoms with Gasteiger partial charge in [-0.25, -0.2) is 9.59 Å². The summed E-state index contributed by atoms with van der Waals surface area (Å²) in [6.45, 7) is -1.67. The quantitative estimate of drug-likeness (QED) is 0.0469. The number of rotatable bonds is 11. The third-order valence-corrected chi connectivity index (χ3v) is 9.04. The Hall–Kier alpha value is -3.86. The summed E-state index contributed by atoms with van der Waals surface area (Å²) in [6, 6.07) is 2.12. The highest BCUT2D eigenvalue weighted by molar-refractivity contribution is 5.89. The molecule has 19 nitrogen and oxygen atoms in total. The number of carbonyl (C=O) groups excluding carboxylic acids is 2. The van der Waals surface area contributed by atoms with Gasteiger partial charge in [-0.3, -0.25) is 0 Å². The van der Waals surface area contributed by atoms with Crippen LogP contribution in [0.2, 0.25) is 0 Å². The molecule has 1 aromatic rings. The van der Waals surface area contributed by atoms with Crippen molar-refractivity contribution in [3.8, 4) is 17.2 Å². The second-order valence-corrected chi connectivity index (χ2v) is 12.2. The number of ether oxygens (including phenoxy) is 7. The zero-order valence-corrected chi connectivity index (χ0v) is 26.9. The second-order valence-electron chi connectivity index (χ2n) is 12.2. The fraction of sp³-hybridized carbons (Fsp3) is 0.562. The van der Waals surface area contributed by atoms with E-state index in [1.807, 2.05) is 0 Å². The molecule has 0 spiro atoms. The van der Waals surface area contributed by atoms with Crippen LogP contribution in [0.4, 0.5) is 0 Å². The number of allylic oxidation sites excluding steroid dienone is 1. The van der Waals surface area contributed by atoms with Crippen LogP contribution >= 0.6 is 0 Å². The van der Waals surface area contributed by atoms with Crippen molar-refractivity contribution in [2.24, 2.45) is 11.8 Å². The molecule has 3 heterocycles. The molecule has 3 aliphatic heterocycles. The summed E-state index contributed by atoms with van der Waals surface area (Å²) in [5, 5.41) is 102. The second kappa shape index (κ2) is 16.2. The molecule has 2 saturated heterocycles. The van der Waals surface area contributed by atoms with E-state index in [2.05, 4.69) is 0 Å². The highest BCUT2D eigenvalue weighted by Gasteiger charge is 2.51. The normalized spacial score (nSPS) is 36.5. The number of phenolic OH excluding ortho intramolecular Hbond substituents is 3. The molecular weight excluding hydrogens is 688 g/mol. The summed E-state index contributed by atoms with van der Waals surface area (Å²) in [4.78, 5) is 24.6. The molecule has 19 heteroatoms. The fourth-order valence-corrected chi connectivity index (χ4v) is 6.20. The third-order valence-electron chi connectivity index (χ3n) is 9.04. The Kier molecular flexibility index (Phi) is 12.2. The van der Waals surface area contributed by atoms with Crippen LogP contribution in [0, 0.1) is 11.8 Å². The molecule has 0 unspecified atom stereocenters. The Labute approximate surface area is 289 Å². The molecule has 4 aliphatic rings. The summed E-state index contributed by atoms with van der Waals surface area (Å²) >= 11 is 0. The molecule has 0 saturated carbocycles. The molecule has 0 radical (unpaired) electrons. The minimum atomic E-state index is -1.86. The standard InChI is InChI=1S/C32H40O19/c1-45-29(44)15-9-47-30(21-13(8-33)3-4-14(15)21)51-32-28(43)26(41)24(39)19(50-32)11-48-31-27(42)25(40)23(38)18(49-31)10-46-20(36)5-2-12-6-16(34)22(37)17(35)7-12/h2-3,5-7,9,14,18-19,21,23-28,30-35,37-43H,4,8,10-11H2,1H3/t14-,18+,19+,21-,23+,24+,25-,26-,27+,28+,30+,31+,32-/m1/s1. The third kappa shape index (κ3) is 8.13. The Morgan fingerprint density at radius 3 is 2.08 bits per heavy atom. The maximum Gasteiger partial charge on any atom is 0.337 e. The van der Waals surface area contributed by atoms with Gasteiger partial charge in [-0.1, -0.05) is 6.08 Å². The summed E-state index contributed by atoms with van der Waals surface area (Å²) in [7, 11) is 1.20. The van der Waals surface area contributed by atoms with Crippen molar-refractivity contribution in [3.05, 3.63) is 47.3 Å². The predicted molar refractivity (Wildman–Crippen MR) is 164 cm³/mol. The van der Waals surface area contributed by atoms with E-state index in [1.54, 1.807) is 6.08 Å². The van der Waals surface area contributed by atoms with E-state index >= 15 is 0 Å². The first-order valence-electron chi connectivity index (χ1n) is 15.7. The smallest absolute Gasteiger partial charge is 0.337 e. The van der Waals surface area contributed by atoms with Crippen molar-refractivity contribution in [1.82, 2.24) is 0 Å². The number of hydrogen-bond acceptors (Lipinski definition) is 19. The van der Waals surface area contributed by atoms with Gasteiger partial charge in [-0.05, 0) is 35.8 Å². The molecule has 0 amide bonds. The molecule has 1 aromatic carbocycles. The lowest BCUT2D eigenvalue weighted by Crippen LogP contribution is -2.62. The summed E-state index contributed by atoms with van der Waals surface area (Å²) in [6.07, 6.45) is -13.0. The molecule has 13 atom stereocenters. The molecule has 0 bridgehead atoms. The Morgan fingerprint density at radius 2 is 1.45 bits per heavy atom. The van der Waals surface area contributed by atoms with Gasteiger partial charge in [0.05, 0.1) is 38.1 Å². The Morgan fingerprint density at radius 1 is 0.843 bits per heavy atom. The van der Waals surface area contributed by atoms with Crippen molar-refractivity contribution in [3.63, 3.8) is 0 Å². The van der Waals surface area contributed by atoms with Gasteiger partial charge in [0.15, 0.2) is 29.8 Å². The minimum Gasteiger partial charge on any atom is -0.504 e. The van der Waals surface area contributed by atoms with E-state index in [4.69, 9.17) is 33.2 Å². The number of carbonyl (C=O) groups is 2.